The standard InChI is InChI=1S/C23H24ClN3O3/c1-30-17-11-9-16(10-12-17)21-22(29)27(23(26-21)13-5-2-6-14-23)15-20(28)25-19-8-4-3-7-18(19)24/h3-4,7-12H,2,5-6,13-15H2,1H3,(H,25,28). The van der Waals surface area contributed by atoms with Crippen molar-refractivity contribution in [3.05, 3.63) is 59.1 Å². The Morgan fingerprint density at radius 1 is 1.13 bits per heavy atom. The van der Waals surface area contributed by atoms with Crippen molar-refractivity contribution in [3.63, 3.8) is 0 Å². The molecular formula is C23H24ClN3O3. The number of aliphatic imine (C=N–C) groups is 1. The van der Waals surface area contributed by atoms with E-state index in [2.05, 4.69) is 5.32 Å². The number of amides is 2. The molecule has 1 saturated carbocycles. The van der Waals surface area contributed by atoms with Gasteiger partial charge in [0.2, 0.25) is 5.91 Å². The molecule has 2 aromatic carbocycles. The van der Waals surface area contributed by atoms with Crippen molar-refractivity contribution >= 4 is 34.8 Å². The third-order valence-corrected chi connectivity index (χ3v) is 6.07. The lowest BCUT2D eigenvalue weighted by Crippen LogP contribution is -2.51. The first-order chi connectivity index (χ1) is 14.5. The Kier molecular flexibility index (Phi) is 5.77. The number of ether oxygens (including phenoxy) is 1. The molecule has 0 bridgehead atoms. The first kappa shape index (κ1) is 20.4. The van der Waals surface area contributed by atoms with Crippen LogP contribution in [-0.2, 0) is 9.59 Å². The molecule has 6 nitrogen and oxygen atoms in total. The largest absolute Gasteiger partial charge is 0.497 e. The Morgan fingerprint density at radius 3 is 2.50 bits per heavy atom. The highest BCUT2D eigenvalue weighted by Crippen LogP contribution is 2.39. The zero-order valence-corrected chi connectivity index (χ0v) is 17.6. The number of halogens is 1. The maximum Gasteiger partial charge on any atom is 0.275 e. The van der Waals surface area contributed by atoms with Gasteiger partial charge in [-0.25, -0.2) is 0 Å². The van der Waals surface area contributed by atoms with Crippen LogP contribution in [0.1, 0.15) is 37.7 Å². The van der Waals surface area contributed by atoms with Gasteiger partial charge >= 0.3 is 0 Å². The molecular weight excluding hydrogens is 402 g/mol. The number of carbonyl (C=O) groups excluding carboxylic acids is 2. The van der Waals surface area contributed by atoms with Crippen molar-refractivity contribution in [2.75, 3.05) is 19.0 Å². The predicted octanol–water partition coefficient (Wildman–Crippen LogP) is 4.28. The van der Waals surface area contributed by atoms with Gasteiger partial charge in [0.05, 0.1) is 17.8 Å². The summed E-state index contributed by atoms with van der Waals surface area (Å²) in [5.74, 6) is 0.220. The maximum atomic E-state index is 13.3. The van der Waals surface area contributed by atoms with E-state index in [1.807, 2.05) is 24.3 Å². The van der Waals surface area contributed by atoms with Crippen LogP contribution >= 0.6 is 11.6 Å². The molecule has 0 atom stereocenters. The van der Waals surface area contributed by atoms with E-state index in [0.717, 1.165) is 37.7 Å². The van der Waals surface area contributed by atoms with Crippen LogP contribution < -0.4 is 10.1 Å². The minimum Gasteiger partial charge on any atom is -0.497 e. The van der Waals surface area contributed by atoms with Crippen molar-refractivity contribution in [2.45, 2.75) is 37.8 Å². The highest BCUT2D eigenvalue weighted by Gasteiger charge is 2.48. The SMILES string of the molecule is COc1ccc(C2=NC3(CCCCC3)N(CC(=O)Nc3ccccc3Cl)C2=O)cc1. The minimum atomic E-state index is -0.650. The van der Waals surface area contributed by atoms with Gasteiger partial charge in [-0.05, 0) is 62.1 Å². The normalized spacial score (nSPS) is 17.7. The van der Waals surface area contributed by atoms with Gasteiger partial charge in [-0.15, -0.1) is 0 Å². The van der Waals surface area contributed by atoms with E-state index in [0.29, 0.717) is 22.2 Å². The quantitative estimate of drug-likeness (QED) is 0.777. The molecule has 0 aromatic heterocycles. The van der Waals surface area contributed by atoms with Crippen LogP contribution in [0, 0.1) is 0 Å². The number of rotatable bonds is 5. The summed E-state index contributed by atoms with van der Waals surface area (Å²) in [4.78, 5) is 32.7. The second-order valence-corrected chi connectivity index (χ2v) is 8.06. The monoisotopic (exact) mass is 425 g/mol. The summed E-state index contributed by atoms with van der Waals surface area (Å²) in [5.41, 5.74) is 1.03. The Labute approximate surface area is 180 Å². The fourth-order valence-corrected chi connectivity index (χ4v) is 4.37. The number of carbonyl (C=O) groups is 2. The average Bonchev–Trinajstić information content (AvgIpc) is 3.02. The van der Waals surface area contributed by atoms with Gasteiger partial charge in [-0.2, -0.15) is 0 Å². The fraction of sp³-hybridized carbons (Fsp3) is 0.348. The van der Waals surface area contributed by atoms with Crippen LogP contribution in [0.15, 0.2) is 53.5 Å². The molecule has 1 heterocycles. The summed E-state index contributed by atoms with van der Waals surface area (Å²) in [6.07, 6.45) is 4.60. The van der Waals surface area contributed by atoms with Gasteiger partial charge in [-0.1, -0.05) is 30.2 Å². The van der Waals surface area contributed by atoms with Gasteiger partial charge in [0.25, 0.3) is 5.91 Å². The van der Waals surface area contributed by atoms with E-state index in [4.69, 9.17) is 21.3 Å². The van der Waals surface area contributed by atoms with Crippen molar-refractivity contribution in [1.82, 2.24) is 4.90 Å². The first-order valence-electron chi connectivity index (χ1n) is 10.1. The molecule has 0 saturated heterocycles. The number of nitrogens with zero attached hydrogens (tertiary/aromatic N) is 2. The molecule has 1 aliphatic heterocycles. The summed E-state index contributed by atoms with van der Waals surface area (Å²) in [5, 5.41) is 3.28. The van der Waals surface area contributed by atoms with Gasteiger partial charge in [0.1, 0.15) is 23.7 Å². The van der Waals surface area contributed by atoms with Gasteiger partial charge in [0.15, 0.2) is 0 Å². The lowest BCUT2D eigenvalue weighted by atomic mass is 9.88. The summed E-state index contributed by atoms with van der Waals surface area (Å²) in [7, 11) is 1.60. The van der Waals surface area contributed by atoms with Gasteiger partial charge in [0, 0.05) is 5.56 Å². The summed E-state index contributed by atoms with van der Waals surface area (Å²) >= 11 is 6.16. The van der Waals surface area contributed by atoms with Crippen LogP contribution in [0.5, 0.6) is 5.75 Å². The number of hydrogen-bond donors (Lipinski definition) is 1. The Bertz CT molecular complexity index is 981. The van der Waals surface area contributed by atoms with E-state index < -0.39 is 5.66 Å². The molecule has 2 aliphatic rings. The van der Waals surface area contributed by atoms with Gasteiger partial charge in [-0.3, -0.25) is 14.6 Å². The van der Waals surface area contributed by atoms with Gasteiger partial charge < -0.3 is 15.0 Å². The fourth-order valence-electron chi connectivity index (χ4n) is 4.18. The topological polar surface area (TPSA) is 71.0 Å². The molecule has 0 unspecified atom stereocenters. The van der Waals surface area contributed by atoms with Crippen LogP contribution in [0.2, 0.25) is 5.02 Å². The third-order valence-electron chi connectivity index (χ3n) is 5.74. The van der Waals surface area contributed by atoms with Crippen molar-refractivity contribution in [1.29, 1.82) is 0 Å². The maximum absolute atomic E-state index is 13.3. The van der Waals surface area contributed by atoms with E-state index in [9.17, 15) is 9.59 Å². The van der Waals surface area contributed by atoms with E-state index >= 15 is 0 Å². The number of anilines is 1. The van der Waals surface area contributed by atoms with Crippen molar-refractivity contribution in [3.8, 4) is 5.75 Å². The number of para-hydroxylation sites is 1. The lowest BCUT2D eigenvalue weighted by Gasteiger charge is -2.38. The minimum absolute atomic E-state index is 0.0623. The molecule has 1 N–H and O–H groups in total. The molecule has 0 radical (unpaired) electrons. The van der Waals surface area contributed by atoms with E-state index in [1.165, 1.54) is 0 Å². The molecule has 156 valence electrons. The summed E-state index contributed by atoms with van der Waals surface area (Å²) in [6, 6.07) is 14.3. The number of nitrogens with one attached hydrogen (secondary N) is 1. The predicted molar refractivity (Wildman–Crippen MR) is 117 cm³/mol. The number of benzene rings is 2. The van der Waals surface area contributed by atoms with Crippen molar-refractivity contribution < 1.29 is 14.3 Å². The molecule has 2 amide bonds. The Morgan fingerprint density at radius 2 is 1.83 bits per heavy atom. The molecule has 1 spiro atoms. The smallest absolute Gasteiger partial charge is 0.275 e. The second kappa shape index (κ2) is 8.48. The van der Waals surface area contributed by atoms with E-state index in [1.54, 1.807) is 36.3 Å². The molecule has 4 rings (SSSR count). The highest BCUT2D eigenvalue weighted by molar-refractivity contribution is 6.47. The van der Waals surface area contributed by atoms with E-state index in [-0.39, 0.29) is 18.4 Å². The summed E-state index contributed by atoms with van der Waals surface area (Å²) in [6.45, 7) is -0.0623. The van der Waals surface area contributed by atoms with Crippen LogP contribution in [0.25, 0.3) is 0 Å². The Hall–Kier alpha value is -2.86. The first-order valence-corrected chi connectivity index (χ1v) is 10.5. The molecule has 7 heteroatoms. The zero-order valence-electron chi connectivity index (χ0n) is 16.9. The second-order valence-electron chi connectivity index (χ2n) is 7.65. The average molecular weight is 426 g/mol. The third kappa shape index (κ3) is 3.92. The number of hydrogen-bond acceptors (Lipinski definition) is 4. The lowest BCUT2D eigenvalue weighted by molar-refractivity contribution is -0.134. The molecule has 30 heavy (non-hydrogen) atoms. The Balaban J connectivity index is 1.59. The molecule has 1 fully saturated rings. The zero-order chi connectivity index (χ0) is 21.1. The van der Waals surface area contributed by atoms with Crippen molar-refractivity contribution in [2.24, 2.45) is 4.99 Å². The highest BCUT2D eigenvalue weighted by atomic mass is 35.5. The number of methoxy groups -OCH3 is 1. The van der Waals surface area contributed by atoms with Crippen LogP contribution in [0.4, 0.5) is 5.69 Å². The van der Waals surface area contributed by atoms with Crippen LogP contribution in [0.3, 0.4) is 0 Å². The summed E-state index contributed by atoms with van der Waals surface area (Å²) < 4.78 is 5.21. The molecule has 1 aliphatic carbocycles. The molecule has 2 aromatic rings. The van der Waals surface area contributed by atoms with Crippen LogP contribution in [-0.4, -0.2) is 41.7 Å².